The van der Waals surface area contributed by atoms with Gasteiger partial charge in [0.25, 0.3) is 0 Å². The number of hydrogen-bond acceptors (Lipinski definition) is 3. The van der Waals surface area contributed by atoms with Crippen molar-refractivity contribution in [2.75, 3.05) is 6.54 Å². The van der Waals surface area contributed by atoms with Gasteiger partial charge in [0, 0.05) is 17.8 Å². The zero-order chi connectivity index (χ0) is 11.2. The molecule has 0 fully saturated rings. The number of amidine groups is 1. The first-order valence-electron chi connectivity index (χ1n) is 6.23. The molecule has 0 aromatic carbocycles. The van der Waals surface area contributed by atoms with Gasteiger partial charge >= 0.3 is 0 Å². The molecule has 0 aliphatic carbocycles. The Hall–Kier alpha value is -0.830. The van der Waals surface area contributed by atoms with E-state index in [4.69, 9.17) is 0 Å². The lowest BCUT2D eigenvalue weighted by Gasteiger charge is -2.21. The first-order valence-corrected chi connectivity index (χ1v) is 7.11. The largest absolute Gasteiger partial charge is 0.366 e. The summed E-state index contributed by atoms with van der Waals surface area (Å²) in [6, 6.07) is 4.83. The van der Waals surface area contributed by atoms with E-state index < -0.39 is 0 Å². The van der Waals surface area contributed by atoms with Crippen LogP contribution in [0.5, 0.6) is 0 Å². The van der Waals surface area contributed by atoms with Crippen molar-refractivity contribution in [3.05, 3.63) is 22.4 Å². The van der Waals surface area contributed by atoms with E-state index in [9.17, 15) is 0 Å². The molecular formula is C13H20N2S. The highest BCUT2D eigenvalue weighted by atomic mass is 32.1. The summed E-state index contributed by atoms with van der Waals surface area (Å²) in [4.78, 5) is 6.01. The van der Waals surface area contributed by atoms with Gasteiger partial charge in [0.2, 0.25) is 0 Å². The first kappa shape index (κ1) is 11.6. The minimum atomic E-state index is 0.474. The number of nitrogens with one attached hydrogen (secondary N) is 1. The van der Waals surface area contributed by atoms with E-state index in [2.05, 4.69) is 34.7 Å². The monoisotopic (exact) mass is 236 g/mol. The Balaban J connectivity index is 1.99. The van der Waals surface area contributed by atoms with Crippen LogP contribution in [-0.4, -0.2) is 12.4 Å². The van der Waals surface area contributed by atoms with E-state index in [1.165, 1.54) is 36.4 Å². The Morgan fingerprint density at radius 3 is 3.06 bits per heavy atom. The topological polar surface area (TPSA) is 24.4 Å². The molecule has 1 unspecified atom stereocenters. The second-order valence-corrected chi connectivity index (χ2v) is 5.27. The van der Waals surface area contributed by atoms with Crippen molar-refractivity contribution in [2.24, 2.45) is 4.99 Å². The zero-order valence-electron chi connectivity index (χ0n) is 9.91. The predicted octanol–water partition coefficient (Wildman–Crippen LogP) is 3.76. The van der Waals surface area contributed by atoms with Crippen LogP contribution in [-0.2, 0) is 0 Å². The van der Waals surface area contributed by atoms with E-state index in [0.29, 0.717) is 6.04 Å². The highest BCUT2D eigenvalue weighted by Gasteiger charge is 2.14. The molecule has 0 radical (unpaired) electrons. The van der Waals surface area contributed by atoms with Crippen LogP contribution in [0.2, 0.25) is 0 Å². The molecule has 0 amide bonds. The first-order chi connectivity index (χ1) is 7.90. The average molecular weight is 236 g/mol. The lowest BCUT2D eigenvalue weighted by atomic mass is 10.1. The highest BCUT2D eigenvalue weighted by Crippen LogP contribution is 2.23. The summed E-state index contributed by atoms with van der Waals surface area (Å²) >= 11 is 1.84. The molecule has 0 spiro atoms. The molecule has 0 saturated heterocycles. The van der Waals surface area contributed by atoms with Crippen LogP contribution in [0.15, 0.2) is 22.5 Å². The molecule has 0 saturated carbocycles. The van der Waals surface area contributed by atoms with Crippen molar-refractivity contribution in [1.82, 2.24) is 5.32 Å². The Kier molecular flexibility index (Phi) is 4.40. The third kappa shape index (κ3) is 3.08. The van der Waals surface area contributed by atoms with Crippen LogP contribution in [0, 0.1) is 0 Å². The third-order valence-electron chi connectivity index (χ3n) is 2.93. The fourth-order valence-electron chi connectivity index (χ4n) is 2.08. The molecule has 1 aromatic rings. The Morgan fingerprint density at radius 2 is 2.44 bits per heavy atom. The van der Waals surface area contributed by atoms with E-state index >= 15 is 0 Å². The fraction of sp³-hybridized carbons (Fsp3) is 0.615. The van der Waals surface area contributed by atoms with Gasteiger partial charge in [-0.1, -0.05) is 19.4 Å². The van der Waals surface area contributed by atoms with Gasteiger partial charge in [-0.25, -0.2) is 0 Å². The molecule has 1 aliphatic rings. The van der Waals surface area contributed by atoms with Gasteiger partial charge in [-0.3, -0.25) is 4.99 Å². The van der Waals surface area contributed by atoms with E-state index in [1.54, 1.807) is 0 Å². The Morgan fingerprint density at radius 1 is 1.50 bits per heavy atom. The molecule has 2 rings (SSSR count). The summed E-state index contributed by atoms with van der Waals surface area (Å²) in [7, 11) is 0. The number of rotatable bonds is 4. The lowest BCUT2D eigenvalue weighted by molar-refractivity contribution is 0.572. The molecular weight excluding hydrogens is 216 g/mol. The Labute approximate surface area is 102 Å². The SMILES string of the molecule is CCCC(NC1=NCCCC1)c1cccs1. The van der Waals surface area contributed by atoms with Crippen LogP contribution >= 0.6 is 11.3 Å². The second-order valence-electron chi connectivity index (χ2n) is 4.29. The second kappa shape index (κ2) is 6.04. The van der Waals surface area contributed by atoms with E-state index in [-0.39, 0.29) is 0 Å². The van der Waals surface area contributed by atoms with Gasteiger partial charge < -0.3 is 5.32 Å². The molecule has 0 bridgehead atoms. The van der Waals surface area contributed by atoms with Crippen LogP contribution in [0.1, 0.15) is 49.9 Å². The summed E-state index contributed by atoms with van der Waals surface area (Å²) in [5.74, 6) is 1.22. The summed E-state index contributed by atoms with van der Waals surface area (Å²) in [5, 5.41) is 5.77. The van der Waals surface area contributed by atoms with Crippen LogP contribution in [0.25, 0.3) is 0 Å². The smallest absolute Gasteiger partial charge is 0.0968 e. The molecule has 88 valence electrons. The summed E-state index contributed by atoms with van der Waals surface area (Å²) < 4.78 is 0. The van der Waals surface area contributed by atoms with Crippen molar-refractivity contribution >= 4 is 17.2 Å². The van der Waals surface area contributed by atoms with Gasteiger partial charge in [0.05, 0.1) is 11.9 Å². The minimum absolute atomic E-state index is 0.474. The van der Waals surface area contributed by atoms with E-state index in [0.717, 1.165) is 13.0 Å². The normalized spacial score (nSPS) is 17.9. The maximum absolute atomic E-state index is 4.57. The summed E-state index contributed by atoms with van der Waals surface area (Å²) in [5.41, 5.74) is 0. The number of hydrogen-bond donors (Lipinski definition) is 1. The predicted molar refractivity (Wildman–Crippen MR) is 71.3 cm³/mol. The van der Waals surface area contributed by atoms with Gasteiger partial charge in [-0.15, -0.1) is 11.3 Å². The van der Waals surface area contributed by atoms with Gasteiger partial charge in [0.1, 0.15) is 0 Å². The number of nitrogens with zero attached hydrogens (tertiary/aromatic N) is 1. The van der Waals surface area contributed by atoms with Crippen molar-refractivity contribution in [3.8, 4) is 0 Å². The summed E-state index contributed by atoms with van der Waals surface area (Å²) in [6.45, 7) is 3.25. The zero-order valence-corrected chi connectivity index (χ0v) is 10.7. The molecule has 1 N–H and O–H groups in total. The van der Waals surface area contributed by atoms with Crippen LogP contribution in [0.3, 0.4) is 0 Å². The number of thiophene rings is 1. The van der Waals surface area contributed by atoms with Crippen molar-refractivity contribution in [2.45, 2.75) is 45.1 Å². The molecule has 2 heterocycles. The number of aliphatic imine (C=N–C) groups is 1. The lowest BCUT2D eigenvalue weighted by Crippen LogP contribution is -2.29. The van der Waals surface area contributed by atoms with Crippen LogP contribution in [0.4, 0.5) is 0 Å². The van der Waals surface area contributed by atoms with Crippen LogP contribution < -0.4 is 5.32 Å². The maximum Gasteiger partial charge on any atom is 0.0968 e. The van der Waals surface area contributed by atoms with Crippen molar-refractivity contribution in [3.63, 3.8) is 0 Å². The van der Waals surface area contributed by atoms with Gasteiger partial charge in [-0.2, -0.15) is 0 Å². The highest BCUT2D eigenvalue weighted by molar-refractivity contribution is 7.10. The van der Waals surface area contributed by atoms with Gasteiger partial charge in [-0.05, 0) is 30.7 Å². The molecule has 2 nitrogen and oxygen atoms in total. The molecule has 1 aliphatic heterocycles. The van der Waals surface area contributed by atoms with Crippen molar-refractivity contribution in [1.29, 1.82) is 0 Å². The molecule has 3 heteroatoms. The maximum atomic E-state index is 4.57. The van der Waals surface area contributed by atoms with Crippen molar-refractivity contribution < 1.29 is 0 Å². The molecule has 1 aromatic heterocycles. The fourth-order valence-corrected chi connectivity index (χ4v) is 2.89. The Bertz CT molecular complexity index is 330. The van der Waals surface area contributed by atoms with E-state index in [1.807, 2.05) is 11.3 Å². The summed E-state index contributed by atoms with van der Waals surface area (Å²) in [6.07, 6.45) is 6.08. The van der Waals surface area contributed by atoms with Gasteiger partial charge in [0.15, 0.2) is 0 Å². The average Bonchev–Trinajstić information content (AvgIpc) is 2.83. The third-order valence-corrected chi connectivity index (χ3v) is 3.92. The standard InChI is InChI=1S/C13H20N2S/c1-2-6-11(12-7-5-10-16-12)15-13-8-3-4-9-14-13/h5,7,10-11H,2-4,6,8-9H2,1H3,(H,14,15). The molecule has 1 atom stereocenters. The molecule has 16 heavy (non-hydrogen) atoms. The quantitative estimate of drug-likeness (QED) is 0.845. The minimum Gasteiger partial charge on any atom is -0.366 e.